The third-order valence-electron chi connectivity index (χ3n) is 5.13. The lowest BCUT2D eigenvalue weighted by atomic mass is 10.1. The third-order valence-corrected chi connectivity index (χ3v) is 6.07. The van der Waals surface area contributed by atoms with E-state index in [9.17, 15) is 14.0 Å². The molecule has 2 amide bonds. The van der Waals surface area contributed by atoms with E-state index in [0.29, 0.717) is 22.0 Å². The second-order valence-electron chi connectivity index (χ2n) is 7.38. The number of nitrogens with one attached hydrogen (secondary N) is 1. The molecule has 0 fully saturated rings. The molecule has 0 aliphatic heterocycles. The van der Waals surface area contributed by atoms with Crippen LogP contribution >= 0.6 is 34.8 Å². The number of hydrogen-bond acceptors (Lipinski definition) is 2. The minimum atomic E-state index is -0.751. The number of rotatable bonds is 9. The van der Waals surface area contributed by atoms with Gasteiger partial charge in [0.1, 0.15) is 11.9 Å². The summed E-state index contributed by atoms with van der Waals surface area (Å²) >= 11 is 18.4. The van der Waals surface area contributed by atoms with Gasteiger partial charge in [-0.05, 0) is 49.6 Å². The molecule has 0 spiro atoms. The SMILES string of the molecule is CC[C@@H](C)NC(=O)[C@@H](CC)N(Cc1ccc(Cl)cc1Cl)C(=O)Cc1c(F)cccc1Cl. The van der Waals surface area contributed by atoms with Crippen molar-refractivity contribution in [3.63, 3.8) is 0 Å². The first-order chi connectivity index (χ1) is 14.7. The molecule has 0 bridgehead atoms. The molecule has 31 heavy (non-hydrogen) atoms. The Bertz CT molecular complexity index is 919. The minimum Gasteiger partial charge on any atom is -0.352 e. The zero-order valence-corrected chi connectivity index (χ0v) is 20.0. The van der Waals surface area contributed by atoms with Crippen LogP contribution in [0.3, 0.4) is 0 Å². The maximum atomic E-state index is 14.3. The Labute approximate surface area is 197 Å². The lowest BCUT2D eigenvalue weighted by molar-refractivity contribution is -0.141. The molecule has 2 atom stereocenters. The van der Waals surface area contributed by atoms with Gasteiger partial charge in [-0.1, -0.05) is 60.8 Å². The molecule has 0 aliphatic carbocycles. The van der Waals surface area contributed by atoms with Gasteiger partial charge in [-0.25, -0.2) is 4.39 Å². The first kappa shape index (κ1) is 25.4. The van der Waals surface area contributed by atoms with E-state index < -0.39 is 17.8 Å². The second-order valence-corrected chi connectivity index (χ2v) is 8.63. The lowest BCUT2D eigenvalue weighted by Crippen LogP contribution is -2.51. The smallest absolute Gasteiger partial charge is 0.243 e. The number of hydrogen-bond donors (Lipinski definition) is 1. The van der Waals surface area contributed by atoms with Gasteiger partial charge in [0.05, 0.1) is 6.42 Å². The third kappa shape index (κ3) is 6.83. The van der Waals surface area contributed by atoms with Gasteiger partial charge in [0.15, 0.2) is 0 Å². The molecule has 2 aromatic carbocycles. The van der Waals surface area contributed by atoms with E-state index in [-0.39, 0.29) is 35.5 Å². The summed E-state index contributed by atoms with van der Waals surface area (Å²) in [6, 6.07) is 8.42. The number of benzene rings is 2. The molecule has 0 saturated carbocycles. The molecule has 1 N–H and O–H groups in total. The summed E-state index contributed by atoms with van der Waals surface area (Å²) in [6.45, 7) is 5.75. The Morgan fingerprint density at radius 2 is 1.77 bits per heavy atom. The van der Waals surface area contributed by atoms with Crippen molar-refractivity contribution < 1.29 is 14.0 Å². The average molecular weight is 488 g/mol. The largest absolute Gasteiger partial charge is 0.352 e. The van der Waals surface area contributed by atoms with Crippen LogP contribution in [0.25, 0.3) is 0 Å². The number of halogens is 4. The van der Waals surface area contributed by atoms with Gasteiger partial charge < -0.3 is 10.2 Å². The van der Waals surface area contributed by atoms with Crippen LogP contribution in [0.2, 0.25) is 15.1 Å². The van der Waals surface area contributed by atoms with Crippen LogP contribution in [-0.4, -0.2) is 28.8 Å². The summed E-state index contributed by atoms with van der Waals surface area (Å²) in [7, 11) is 0. The first-order valence-electron chi connectivity index (χ1n) is 10.1. The first-order valence-corrected chi connectivity index (χ1v) is 11.3. The molecule has 0 radical (unpaired) electrons. The molecule has 0 unspecified atom stereocenters. The van der Waals surface area contributed by atoms with Gasteiger partial charge in [-0.2, -0.15) is 0 Å². The molecular weight excluding hydrogens is 462 g/mol. The fraction of sp³-hybridized carbons (Fsp3) is 0.391. The van der Waals surface area contributed by atoms with E-state index in [0.717, 1.165) is 6.42 Å². The predicted octanol–water partition coefficient (Wildman–Crippen LogP) is 6.05. The maximum Gasteiger partial charge on any atom is 0.243 e. The number of amides is 2. The van der Waals surface area contributed by atoms with Gasteiger partial charge in [0, 0.05) is 33.2 Å². The van der Waals surface area contributed by atoms with E-state index in [1.54, 1.807) is 18.2 Å². The highest BCUT2D eigenvalue weighted by Gasteiger charge is 2.30. The monoisotopic (exact) mass is 486 g/mol. The fourth-order valence-electron chi connectivity index (χ4n) is 3.15. The molecule has 2 aromatic rings. The lowest BCUT2D eigenvalue weighted by Gasteiger charge is -2.32. The topological polar surface area (TPSA) is 49.4 Å². The van der Waals surface area contributed by atoms with Gasteiger partial charge in [-0.15, -0.1) is 0 Å². The van der Waals surface area contributed by atoms with Crippen LogP contribution < -0.4 is 5.32 Å². The molecule has 0 aliphatic rings. The standard InChI is InChI=1S/C23H26Cl3FN2O2/c1-4-14(3)28-23(31)21(5-2)29(13-15-9-10-16(24)11-19(15)26)22(30)12-17-18(25)7-6-8-20(17)27/h6-11,14,21H,4-5,12-13H2,1-3H3,(H,28,31)/t14-,21-/m1/s1. The zero-order chi connectivity index (χ0) is 23.1. The average Bonchev–Trinajstić information content (AvgIpc) is 2.71. The van der Waals surface area contributed by atoms with Crippen molar-refractivity contribution in [3.8, 4) is 0 Å². The molecule has 168 valence electrons. The summed E-state index contributed by atoms with van der Waals surface area (Å²) < 4.78 is 14.3. The van der Waals surface area contributed by atoms with Crippen molar-refractivity contribution in [2.24, 2.45) is 0 Å². The molecular formula is C23H26Cl3FN2O2. The van der Waals surface area contributed by atoms with Crippen LogP contribution in [0.4, 0.5) is 4.39 Å². The molecule has 2 rings (SSSR count). The van der Waals surface area contributed by atoms with E-state index in [1.165, 1.54) is 23.1 Å². The van der Waals surface area contributed by atoms with E-state index in [2.05, 4.69) is 5.32 Å². The second kappa shape index (κ2) is 11.7. The van der Waals surface area contributed by atoms with Crippen LogP contribution in [-0.2, 0) is 22.6 Å². The van der Waals surface area contributed by atoms with Gasteiger partial charge >= 0.3 is 0 Å². The predicted molar refractivity (Wildman–Crippen MR) is 124 cm³/mol. The van der Waals surface area contributed by atoms with E-state index >= 15 is 0 Å². The van der Waals surface area contributed by atoms with Crippen LogP contribution in [0, 0.1) is 5.82 Å². The fourth-order valence-corrected chi connectivity index (χ4v) is 3.85. The molecule has 8 heteroatoms. The highest BCUT2D eigenvalue weighted by molar-refractivity contribution is 6.35. The zero-order valence-electron chi connectivity index (χ0n) is 17.7. The van der Waals surface area contributed by atoms with Gasteiger partial charge in [-0.3, -0.25) is 9.59 Å². The minimum absolute atomic E-state index is 0.0429. The van der Waals surface area contributed by atoms with Crippen LogP contribution in [0.5, 0.6) is 0 Å². The highest BCUT2D eigenvalue weighted by atomic mass is 35.5. The molecule has 0 saturated heterocycles. The number of nitrogens with zero attached hydrogens (tertiary/aromatic N) is 1. The molecule has 0 aromatic heterocycles. The Balaban J connectivity index is 2.40. The van der Waals surface area contributed by atoms with Crippen molar-refractivity contribution in [1.82, 2.24) is 10.2 Å². The Kier molecular flexibility index (Phi) is 9.60. The van der Waals surface area contributed by atoms with Crippen LogP contribution in [0.15, 0.2) is 36.4 Å². The quantitative estimate of drug-likeness (QED) is 0.468. The number of carbonyl (C=O) groups is 2. The summed E-state index contributed by atoms with van der Waals surface area (Å²) in [5, 5.41) is 3.93. The van der Waals surface area contributed by atoms with Crippen LogP contribution in [0.1, 0.15) is 44.7 Å². The van der Waals surface area contributed by atoms with Crippen molar-refractivity contribution in [3.05, 3.63) is 68.4 Å². The number of carbonyl (C=O) groups excluding carboxylic acids is 2. The molecule has 0 heterocycles. The van der Waals surface area contributed by atoms with Gasteiger partial charge in [0.2, 0.25) is 11.8 Å². The van der Waals surface area contributed by atoms with Crippen molar-refractivity contribution in [1.29, 1.82) is 0 Å². The Morgan fingerprint density at radius 1 is 1.06 bits per heavy atom. The Morgan fingerprint density at radius 3 is 2.35 bits per heavy atom. The maximum absolute atomic E-state index is 14.3. The summed E-state index contributed by atoms with van der Waals surface area (Å²) in [6.07, 6.45) is 0.859. The summed E-state index contributed by atoms with van der Waals surface area (Å²) in [4.78, 5) is 27.7. The Hall–Kier alpha value is -1.82. The van der Waals surface area contributed by atoms with Gasteiger partial charge in [0.25, 0.3) is 0 Å². The summed E-state index contributed by atoms with van der Waals surface area (Å²) in [5.74, 6) is -1.26. The summed E-state index contributed by atoms with van der Waals surface area (Å²) in [5.41, 5.74) is 0.729. The van der Waals surface area contributed by atoms with Crippen molar-refractivity contribution >= 4 is 46.6 Å². The molecule has 4 nitrogen and oxygen atoms in total. The highest BCUT2D eigenvalue weighted by Crippen LogP contribution is 2.25. The van der Waals surface area contributed by atoms with E-state index in [4.69, 9.17) is 34.8 Å². The van der Waals surface area contributed by atoms with Crippen molar-refractivity contribution in [2.75, 3.05) is 0 Å². The van der Waals surface area contributed by atoms with Crippen molar-refractivity contribution in [2.45, 2.75) is 58.7 Å². The normalized spacial score (nSPS) is 12.9. The van der Waals surface area contributed by atoms with E-state index in [1.807, 2.05) is 20.8 Å².